The molecule has 0 aliphatic heterocycles. The Balaban J connectivity index is 1.02. The minimum atomic E-state index is -0.424. The van der Waals surface area contributed by atoms with Crippen molar-refractivity contribution in [3.05, 3.63) is 241 Å². The molecule has 1 unspecified atom stereocenters. The first kappa shape index (κ1) is 36.7. The molecule has 10 aromatic carbocycles. The molecule has 3 heteroatoms. The number of fused-ring (bicyclic) bond motifs is 4. The van der Waals surface area contributed by atoms with Crippen molar-refractivity contribution in [1.82, 2.24) is 5.32 Å². The molecule has 10 rings (SSSR count). The summed E-state index contributed by atoms with van der Waals surface area (Å²) >= 11 is 0. The Kier molecular flexibility index (Phi) is 10.0. The van der Waals surface area contributed by atoms with Crippen molar-refractivity contribution in [1.29, 1.82) is 0 Å². The van der Waals surface area contributed by atoms with Gasteiger partial charge in [0.1, 0.15) is 12.0 Å². The molecule has 60 heavy (non-hydrogen) atoms. The molecule has 0 aromatic heterocycles. The van der Waals surface area contributed by atoms with E-state index in [0.717, 1.165) is 33.7 Å². The SMILES string of the molecule is NC(NC(=NCc1ccccc1-c1ccccc1)c1ccc(-c2ccc(-c3c4ccccc4c(-c4ccccc4)c4ccc5ccccc5c34)cc2)cc1)c1ccccc1. The third-order valence-electron chi connectivity index (χ3n) is 11.6. The second kappa shape index (κ2) is 16.3. The van der Waals surface area contributed by atoms with Crippen LogP contribution < -0.4 is 11.1 Å². The van der Waals surface area contributed by atoms with Crippen LogP contribution in [0, 0.1) is 0 Å². The average Bonchev–Trinajstić information content (AvgIpc) is 3.33. The van der Waals surface area contributed by atoms with Gasteiger partial charge in [0.25, 0.3) is 0 Å². The first-order valence-electron chi connectivity index (χ1n) is 20.6. The molecule has 0 saturated carbocycles. The lowest BCUT2D eigenvalue weighted by Gasteiger charge is -2.19. The van der Waals surface area contributed by atoms with Gasteiger partial charge in [0.2, 0.25) is 0 Å². The van der Waals surface area contributed by atoms with Crippen LogP contribution in [0.3, 0.4) is 0 Å². The fourth-order valence-electron chi connectivity index (χ4n) is 8.65. The highest BCUT2D eigenvalue weighted by atomic mass is 15.1. The van der Waals surface area contributed by atoms with Gasteiger partial charge < -0.3 is 11.1 Å². The fraction of sp³-hybridized carbons (Fsp3) is 0.0351. The smallest absolute Gasteiger partial charge is 0.130 e. The van der Waals surface area contributed by atoms with Crippen molar-refractivity contribution >= 4 is 38.2 Å². The van der Waals surface area contributed by atoms with Crippen molar-refractivity contribution in [3.63, 3.8) is 0 Å². The summed E-state index contributed by atoms with van der Waals surface area (Å²) in [4.78, 5) is 5.19. The van der Waals surface area contributed by atoms with Gasteiger partial charge in [0.15, 0.2) is 0 Å². The lowest BCUT2D eigenvalue weighted by atomic mass is 9.84. The molecule has 3 N–H and O–H groups in total. The number of amidine groups is 1. The molecule has 0 spiro atoms. The maximum Gasteiger partial charge on any atom is 0.130 e. The molecular weight excluding hydrogens is 727 g/mol. The highest BCUT2D eigenvalue weighted by Crippen LogP contribution is 2.46. The lowest BCUT2D eigenvalue weighted by Crippen LogP contribution is -2.34. The highest BCUT2D eigenvalue weighted by molar-refractivity contribution is 6.27. The van der Waals surface area contributed by atoms with Crippen LogP contribution in [0.1, 0.15) is 22.9 Å². The van der Waals surface area contributed by atoms with Crippen LogP contribution in [-0.4, -0.2) is 5.84 Å². The first-order chi connectivity index (χ1) is 29.7. The van der Waals surface area contributed by atoms with E-state index < -0.39 is 6.17 Å². The maximum absolute atomic E-state index is 6.75. The minimum absolute atomic E-state index is 0.424. The van der Waals surface area contributed by atoms with E-state index in [4.69, 9.17) is 10.7 Å². The summed E-state index contributed by atoms with van der Waals surface area (Å²) in [6.07, 6.45) is -0.424. The standard InChI is InChI=1S/C57H43N3/c58-56(45-21-8-3-9-22-45)60-57(59-38-47-23-11-12-24-48(47)41-16-4-1-5-17-41)46-34-30-40(31-35-46)39-28-32-44(33-29-39)54-51-27-15-14-26-50(51)53(43-19-6-2-7-20-43)52-37-36-42-18-10-13-25-49(42)55(52)54/h1-37,56H,38,58H2,(H,59,60). The summed E-state index contributed by atoms with van der Waals surface area (Å²) in [6, 6.07) is 79.8. The second-order valence-corrected chi connectivity index (χ2v) is 15.2. The minimum Gasteiger partial charge on any atom is -0.351 e. The van der Waals surface area contributed by atoms with Gasteiger partial charge in [0.05, 0.1) is 6.54 Å². The van der Waals surface area contributed by atoms with E-state index in [0.29, 0.717) is 6.54 Å². The molecule has 0 bridgehead atoms. The van der Waals surface area contributed by atoms with Gasteiger partial charge in [-0.1, -0.05) is 224 Å². The van der Waals surface area contributed by atoms with Crippen LogP contribution in [0.4, 0.5) is 0 Å². The average molecular weight is 770 g/mol. The van der Waals surface area contributed by atoms with Crippen LogP contribution >= 0.6 is 0 Å². The summed E-state index contributed by atoms with van der Waals surface area (Å²) in [7, 11) is 0. The number of nitrogens with two attached hydrogens (primary N) is 1. The van der Waals surface area contributed by atoms with Crippen molar-refractivity contribution in [2.24, 2.45) is 10.7 Å². The number of hydrogen-bond acceptors (Lipinski definition) is 2. The zero-order chi connectivity index (χ0) is 40.3. The van der Waals surface area contributed by atoms with E-state index in [1.807, 2.05) is 36.4 Å². The first-order valence-corrected chi connectivity index (χ1v) is 20.6. The van der Waals surface area contributed by atoms with Gasteiger partial charge in [-0.15, -0.1) is 0 Å². The van der Waals surface area contributed by atoms with Crippen LogP contribution in [0.15, 0.2) is 229 Å². The van der Waals surface area contributed by atoms with E-state index in [1.165, 1.54) is 65.7 Å². The molecule has 0 aliphatic carbocycles. The Morgan fingerprint density at radius 1 is 0.417 bits per heavy atom. The Bertz CT molecular complexity index is 3120. The lowest BCUT2D eigenvalue weighted by molar-refractivity contribution is 0.679. The fourth-order valence-corrected chi connectivity index (χ4v) is 8.65. The van der Waals surface area contributed by atoms with Crippen molar-refractivity contribution in [3.8, 4) is 44.5 Å². The van der Waals surface area contributed by atoms with Crippen molar-refractivity contribution < 1.29 is 0 Å². The summed E-state index contributed by atoms with van der Waals surface area (Å²) < 4.78 is 0. The molecule has 3 nitrogen and oxygen atoms in total. The van der Waals surface area contributed by atoms with Crippen LogP contribution in [0.25, 0.3) is 76.8 Å². The number of nitrogens with zero attached hydrogens (tertiary/aromatic N) is 1. The van der Waals surface area contributed by atoms with E-state index >= 15 is 0 Å². The molecule has 0 aliphatic rings. The number of hydrogen-bond donors (Lipinski definition) is 2. The largest absolute Gasteiger partial charge is 0.351 e. The Labute approximate surface area is 351 Å². The van der Waals surface area contributed by atoms with Gasteiger partial charge in [-0.05, 0) is 88.0 Å². The molecule has 0 saturated heterocycles. The van der Waals surface area contributed by atoms with Crippen LogP contribution in [0.5, 0.6) is 0 Å². The molecule has 0 heterocycles. The summed E-state index contributed by atoms with van der Waals surface area (Å²) in [5.41, 5.74) is 19.4. The Morgan fingerprint density at radius 3 is 1.63 bits per heavy atom. The number of nitrogens with one attached hydrogen (secondary N) is 1. The number of rotatable bonds is 9. The third-order valence-corrected chi connectivity index (χ3v) is 11.6. The Morgan fingerprint density at radius 2 is 0.933 bits per heavy atom. The summed E-state index contributed by atoms with van der Waals surface area (Å²) in [5, 5.41) is 11.1. The zero-order valence-corrected chi connectivity index (χ0v) is 33.2. The van der Waals surface area contributed by atoms with Crippen molar-refractivity contribution in [2.45, 2.75) is 12.7 Å². The molecule has 0 fully saturated rings. The molecule has 286 valence electrons. The van der Waals surface area contributed by atoms with Gasteiger partial charge in [-0.3, -0.25) is 4.99 Å². The highest BCUT2D eigenvalue weighted by Gasteiger charge is 2.19. The van der Waals surface area contributed by atoms with E-state index in [9.17, 15) is 0 Å². The van der Waals surface area contributed by atoms with Gasteiger partial charge >= 0.3 is 0 Å². The molecule has 10 aromatic rings. The van der Waals surface area contributed by atoms with E-state index in [-0.39, 0.29) is 0 Å². The summed E-state index contributed by atoms with van der Waals surface area (Å²) in [6.45, 7) is 0.503. The van der Waals surface area contributed by atoms with E-state index in [1.54, 1.807) is 0 Å². The van der Waals surface area contributed by atoms with Crippen molar-refractivity contribution in [2.75, 3.05) is 0 Å². The van der Waals surface area contributed by atoms with Crippen LogP contribution in [-0.2, 0) is 6.54 Å². The molecule has 1 atom stereocenters. The quantitative estimate of drug-likeness (QED) is 0.0505. The third kappa shape index (κ3) is 7.13. The predicted octanol–water partition coefficient (Wildman–Crippen LogP) is 14.0. The molecule has 0 radical (unpaired) electrons. The predicted molar refractivity (Wildman–Crippen MR) is 254 cm³/mol. The number of benzene rings is 10. The Hall–Kier alpha value is -7.59. The van der Waals surface area contributed by atoms with Gasteiger partial charge in [0, 0.05) is 5.56 Å². The molecule has 0 amide bonds. The van der Waals surface area contributed by atoms with Crippen LogP contribution in [0.2, 0.25) is 0 Å². The monoisotopic (exact) mass is 769 g/mol. The maximum atomic E-state index is 6.75. The van der Waals surface area contributed by atoms with Gasteiger partial charge in [-0.2, -0.15) is 0 Å². The molecular formula is C57H43N3. The van der Waals surface area contributed by atoms with E-state index in [2.05, 4.69) is 193 Å². The topological polar surface area (TPSA) is 50.4 Å². The second-order valence-electron chi connectivity index (χ2n) is 15.2. The zero-order valence-electron chi connectivity index (χ0n) is 33.2. The number of aliphatic imine (C=N–C) groups is 1. The normalized spacial score (nSPS) is 12.2. The van der Waals surface area contributed by atoms with Gasteiger partial charge in [-0.25, -0.2) is 0 Å². The summed E-state index contributed by atoms with van der Waals surface area (Å²) in [5.74, 6) is 0.751.